The smallest absolute Gasteiger partial charge is 0.295 e. The van der Waals surface area contributed by atoms with Gasteiger partial charge in [-0.1, -0.05) is 18.2 Å². The predicted octanol–water partition coefficient (Wildman–Crippen LogP) is 3.18. The number of anilines is 2. The van der Waals surface area contributed by atoms with Gasteiger partial charge in [-0.2, -0.15) is 0 Å². The van der Waals surface area contributed by atoms with Crippen molar-refractivity contribution in [3.63, 3.8) is 0 Å². The van der Waals surface area contributed by atoms with Gasteiger partial charge < -0.3 is 10.1 Å². The van der Waals surface area contributed by atoms with Crippen molar-refractivity contribution in [1.82, 2.24) is 19.3 Å². The van der Waals surface area contributed by atoms with Crippen LogP contribution >= 0.6 is 0 Å². The van der Waals surface area contributed by atoms with Gasteiger partial charge in [0.25, 0.3) is 5.56 Å². The van der Waals surface area contributed by atoms with E-state index in [0.717, 1.165) is 22.3 Å². The van der Waals surface area contributed by atoms with Crippen molar-refractivity contribution >= 4 is 22.4 Å². The number of methoxy groups -OCH3 is 1. The van der Waals surface area contributed by atoms with Crippen LogP contribution in [0.2, 0.25) is 0 Å². The van der Waals surface area contributed by atoms with E-state index >= 15 is 0 Å². The number of benzene rings is 2. The Bertz CT molecular complexity index is 1180. The summed E-state index contributed by atoms with van der Waals surface area (Å²) < 4.78 is 8.75. The summed E-state index contributed by atoms with van der Waals surface area (Å²) in [6, 6.07) is 15.1. The Labute approximate surface area is 155 Å². The Balaban J connectivity index is 1.85. The first-order valence-electron chi connectivity index (χ1n) is 8.50. The van der Waals surface area contributed by atoms with E-state index in [0.29, 0.717) is 17.3 Å². The molecule has 0 spiro atoms. The van der Waals surface area contributed by atoms with Gasteiger partial charge in [0.05, 0.1) is 24.0 Å². The lowest BCUT2D eigenvalue weighted by Gasteiger charge is -2.08. The van der Waals surface area contributed by atoms with Crippen LogP contribution in [0.15, 0.2) is 59.7 Å². The Morgan fingerprint density at radius 2 is 1.85 bits per heavy atom. The molecule has 2 heterocycles. The molecule has 2 aromatic heterocycles. The first-order chi connectivity index (χ1) is 13.1. The molecule has 4 aromatic rings. The average molecular weight is 361 g/mol. The quantitative estimate of drug-likeness (QED) is 0.604. The van der Waals surface area contributed by atoms with Gasteiger partial charge in [0.1, 0.15) is 23.6 Å². The molecule has 7 nitrogen and oxygen atoms in total. The number of hydrogen-bond donors (Lipinski definition) is 1. The Kier molecular flexibility index (Phi) is 4.12. The van der Waals surface area contributed by atoms with E-state index in [1.54, 1.807) is 11.8 Å². The summed E-state index contributed by atoms with van der Waals surface area (Å²) in [4.78, 5) is 21.7. The highest BCUT2D eigenvalue weighted by atomic mass is 16.5. The highest BCUT2D eigenvalue weighted by Gasteiger charge is 2.17. The van der Waals surface area contributed by atoms with Crippen molar-refractivity contribution in [3.05, 3.63) is 70.9 Å². The molecule has 0 amide bonds. The zero-order valence-corrected chi connectivity index (χ0v) is 15.3. The van der Waals surface area contributed by atoms with Crippen LogP contribution in [0, 0.1) is 6.92 Å². The molecule has 0 unspecified atom stereocenters. The van der Waals surface area contributed by atoms with Crippen LogP contribution in [0.1, 0.15) is 5.69 Å². The number of rotatable bonds is 4. The second-order valence-corrected chi connectivity index (χ2v) is 6.17. The number of nitrogens with one attached hydrogen (secondary N) is 1. The van der Waals surface area contributed by atoms with Crippen molar-refractivity contribution in [3.8, 4) is 11.4 Å². The molecule has 0 aliphatic heterocycles. The van der Waals surface area contributed by atoms with Crippen LogP contribution in [0.25, 0.3) is 16.6 Å². The summed E-state index contributed by atoms with van der Waals surface area (Å²) in [5.74, 6) is 1.26. The molecule has 7 heteroatoms. The van der Waals surface area contributed by atoms with Crippen molar-refractivity contribution < 1.29 is 4.74 Å². The molecule has 1 N–H and O–H groups in total. The normalized spacial score (nSPS) is 10.9. The molecule has 0 aliphatic rings. The fraction of sp³-hybridized carbons (Fsp3) is 0.150. The minimum absolute atomic E-state index is 0.143. The number of aromatic nitrogens is 4. The van der Waals surface area contributed by atoms with Gasteiger partial charge in [0, 0.05) is 12.4 Å². The average Bonchev–Trinajstić information content (AvgIpc) is 2.91. The number of hydrogen-bond acceptors (Lipinski definition) is 5. The van der Waals surface area contributed by atoms with E-state index in [4.69, 9.17) is 4.74 Å². The second-order valence-electron chi connectivity index (χ2n) is 6.17. The van der Waals surface area contributed by atoms with E-state index in [-0.39, 0.29) is 5.56 Å². The predicted molar refractivity (Wildman–Crippen MR) is 105 cm³/mol. The first kappa shape index (κ1) is 16.8. The van der Waals surface area contributed by atoms with Gasteiger partial charge in [-0.3, -0.25) is 9.48 Å². The highest BCUT2D eigenvalue weighted by molar-refractivity contribution is 5.91. The summed E-state index contributed by atoms with van der Waals surface area (Å²) in [6.07, 6.45) is 1.48. The molecule has 136 valence electrons. The van der Waals surface area contributed by atoms with Gasteiger partial charge >= 0.3 is 0 Å². The maximum Gasteiger partial charge on any atom is 0.295 e. The third kappa shape index (κ3) is 2.83. The van der Waals surface area contributed by atoms with Gasteiger partial charge in [0.15, 0.2) is 0 Å². The number of nitrogens with zero attached hydrogens (tertiary/aromatic N) is 4. The van der Waals surface area contributed by atoms with Crippen LogP contribution in [-0.2, 0) is 7.05 Å². The molecule has 2 aromatic carbocycles. The molecule has 27 heavy (non-hydrogen) atoms. The Morgan fingerprint density at radius 1 is 1.07 bits per heavy atom. The number of fused-ring (bicyclic) bond motifs is 1. The number of para-hydroxylation sites is 1. The van der Waals surface area contributed by atoms with Crippen LogP contribution < -0.4 is 15.6 Å². The van der Waals surface area contributed by atoms with Gasteiger partial charge in [-0.15, -0.1) is 0 Å². The Morgan fingerprint density at radius 3 is 2.59 bits per heavy atom. The van der Waals surface area contributed by atoms with E-state index in [1.165, 1.54) is 6.33 Å². The number of ether oxygens (including phenoxy) is 1. The van der Waals surface area contributed by atoms with Gasteiger partial charge in [0.2, 0.25) is 0 Å². The third-order valence-electron chi connectivity index (χ3n) is 4.64. The van der Waals surface area contributed by atoms with Crippen molar-refractivity contribution in [1.29, 1.82) is 0 Å². The lowest BCUT2D eigenvalue weighted by atomic mass is 10.2. The molecule has 4 rings (SSSR count). The topological polar surface area (TPSA) is 74.0 Å². The maximum atomic E-state index is 13.1. The maximum absolute atomic E-state index is 13.1. The van der Waals surface area contributed by atoms with Crippen LogP contribution in [-0.4, -0.2) is 26.4 Å². The lowest BCUT2D eigenvalue weighted by Crippen LogP contribution is -2.20. The Hall–Kier alpha value is -3.61. The molecular weight excluding hydrogens is 342 g/mol. The summed E-state index contributed by atoms with van der Waals surface area (Å²) >= 11 is 0. The largest absolute Gasteiger partial charge is 0.497 e. The molecule has 0 fully saturated rings. The van der Waals surface area contributed by atoms with Crippen molar-refractivity contribution in [2.24, 2.45) is 7.05 Å². The molecule has 0 radical (unpaired) electrons. The fourth-order valence-electron chi connectivity index (χ4n) is 3.09. The van der Waals surface area contributed by atoms with Crippen molar-refractivity contribution in [2.45, 2.75) is 6.92 Å². The van der Waals surface area contributed by atoms with E-state index in [9.17, 15) is 4.79 Å². The molecule has 0 atom stereocenters. The summed E-state index contributed by atoms with van der Waals surface area (Å²) in [6.45, 7) is 1.90. The van der Waals surface area contributed by atoms with Gasteiger partial charge in [-0.05, 0) is 37.3 Å². The van der Waals surface area contributed by atoms with Crippen molar-refractivity contribution in [2.75, 3.05) is 12.4 Å². The summed E-state index contributed by atoms with van der Waals surface area (Å²) in [5.41, 5.74) is 2.71. The SMILES string of the molecule is COc1ccc2ncnc(Nc3c(C)n(C)n(-c4ccccc4)c3=O)c2c1. The summed E-state index contributed by atoms with van der Waals surface area (Å²) in [5, 5.41) is 3.99. The second kappa shape index (κ2) is 6.60. The van der Waals surface area contributed by atoms with Crippen LogP contribution in [0.4, 0.5) is 11.5 Å². The minimum Gasteiger partial charge on any atom is -0.497 e. The van der Waals surface area contributed by atoms with E-state index < -0.39 is 0 Å². The zero-order chi connectivity index (χ0) is 19.0. The molecule has 0 saturated heterocycles. The standard InChI is InChI=1S/C20H19N5O2/c1-13-18(20(26)25(24(13)2)14-7-5-4-6-8-14)23-19-16-11-15(27-3)9-10-17(16)21-12-22-19/h4-12H,1-3H3,(H,21,22,23). The lowest BCUT2D eigenvalue weighted by molar-refractivity contribution is 0.415. The fourth-order valence-corrected chi connectivity index (χ4v) is 3.09. The van der Waals surface area contributed by atoms with Crippen LogP contribution in [0.5, 0.6) is 5.75 Å². The third-order valence-corrected chi connectivity index (χ3v) is 4.64. The van der Waals surface area contributed by atoms with E-state index in [2.05, 4.69) is 15.3 Å². The monoisotopic (exact) mass is 361 g/mol. The highest BCUT2D eigenvalue weighted by Crippen LogP contribution is 2.27. The van der Waals surface area contributed by atoms with E-state index in [1.807, 2.05) is 67.2 Å². The first-order valence-corrected chi connectivity index (χ1v) is 8.50. The molecule has 0 aliphatic carbocycles. The molecular formula is C20H19N5O2. The zero-order valence-electron chi connectivity index (χ0n) is 15.3. The minimum atomic E-state index is -0.143. The van der Waals surface area contributed by atoms with Crippen LogP contribution in [0.3, 0.4) is 0 Å². The van der Waals surface area contributed by atoms with Gasteiger partial charge in [-0.25, -0.2) is 14.6 Å². The molecule has 0 bridgehead atoms. The molecule has 0 saturated carbocycles. The summed E-state index contributed by atoms with van der Waals surface area (Å²) in [7, 11) is 3.47.